The van der Waals surface area contributed by atoms with E-state index in [1.807, 2.05) is 0 Å². The summed E-state index contributed by atoms with van der Waals surface area (Å²) in [6, 6.07) is 11.2. The number of unbranched alkanes of at least 4 members (excludes halogenated alkanes) is 1. The molecule has 0 N–H and O–H groups in total. The third kappa shape index (κ3) is 3.36. The van der Waals surface area contributed by atoms with Crippen molar-refractivity contribution in [1.29, 1.82) is 0 Å². The number of hydrogen-bond acceptors (Lipinski definition) is 0. The van der Waals surface area contributed by atoms with Gasteiger partial charge in [-0.2, -0.15) is 0 Å². The zero-order valence-electron chi connectivity index (χ0n) is 14.3. The SMILES string of the molecule is CCCC#C[Si](C)(C)[Si](C)(C)[Si](C)(C)c1ccccc1. The summed E-state index contributed by atoms with van der Waals surface area (Å²) in [6.45, 7) is 17.6. The normalized spacial score (nSPS) is 12.8. The minimum atomic E-state index is -1.45. The zero-order chi connectivity index (χ0) is 15.4. The Kier molecular flexibility index (Phi) is 5.65. The highest BCUT2D eigenvalue weighted by molar-refractivity contribution is 7.72. The Bertz CT molecular complexity index is 490. The van der Waals surface area contributed by atoms with Gasteiger partial charge in [0.05, 0.1) is 14.7 Å². The monoisotopic (exact) mass is 318 g/mol. The van der Waals surface area contributed by atoms with E-state index >= 15 is 0 Å². The lowest BCUT2D eigenvalue weighted by molar-refractivity contribution is 0.984. The van der Waals surface area contributed by atoms with Crippen molar-refractivity contribution in [3.05, 3.63) is 30.3 Å². The van der Waals surface area contributed by atoms with Crippen LogP contribution >= 0.6 is 0 Å². The first-order valence-electron chi connectivity index (χ1n) is 7.72. The molecule has 110 valence electrons. The van der Waals surface area contributed by atoms with Gasteiger partial charge in [-0.15, -0.1) is 11.5 Å². The second-order valence-electron chi connectivity index (χ2n) is 7.29. The highest BCUT2D eigenvalue weighted by atomic mass is 29.6. The minimum absolute atomic E-state index is 1.06. The van der Waals surface area contributed by atoms with Crippen LogP contribution in [0.3, 0.4) is 0 Å². The van der Waals surface area contributed by atoms with E-state index in [9.17, 15) is 0 Å². The van der Waals surface area contributed by atoms with Crippen LogP contribution in [0.4, 0.5) is 0 Å². The zero-order valence-corrected chi connectivity index (χ0v) is 17.3. The van der Waals surface area contributed by atoms with E-state index in [-0.39, 0.29) is 0 Å². The van der Waals surface area contributed by atoms with Crippen molar-refractivity contribution in [2.24, 2.45) is 0 Å². The van der Waals surface area contributed by atoms with E-state index in [1.54, 1.807) is 5.19 Å². The van der Waals surface area contributed by atoms with Crippen molar-refractivity contribution in [3.8, 4) is 11.5 Å². The van der Waals surface area contributed by atoms with Gasteiger partial charge in [-0.1, -0.05) is 81.7 Å². The van der Waals surface area contributed by atoms with Crippen LogP contribution in [0.25, 0.3) is 0 Å². The first kappa shape index (κ1) is 17.5. The third-order valence-electron chi connectivity index (χ3n) is 5.40. The van der Waals surface area contributed by atoms with Gasteiger partial charge in [-0.3, -0.25) is 0 Å². The van der Waals surface area contributed by atoms with Gasteiger partial charge in [-0.05, 0) is 6.42 Å². The van der Waals surface area contributed by atoms with Crippen LogP contribution in [0.1, 0.15) is 19.8 Å². The molecule has 0 unspecified atom stereocenters. The lowest BCUT2D eigenvalue weighted by atomic mass is 10.4. The molecule has 0 aromatic heterocycles. The maximum atomic E-state index is 3.76. The molecule has 0 bridgehead atoms. The molecule has 1 aromatic rings. The summed E-state index contributed by atoms with van der Waals surface area (Å²) >= 11 is 0. The van der Waals surface area contributed by atoms with Gasteiger partial charge in [0.2, 0.25) is 0 Å². The van der Waals surface area contributed by atoms with Crippen LogP contribution in [0.5, 0.6) is 0 Å². The van der Waals surface area contributed by atoms with Crippen molar-refractivity contribution in [2.75, 3.05) is 0 Å². The van der Waals surface area contributed by atoms with E-state index in [2.05, 4.69) is 88.0 Å². The number of hydrogen-bond donors (Lipinski definition) is 0. The van der Waals surface area contributed by atoms with Gasteiger partial charge in [0.15, 0.2) is 0 Å². The van der Waals surface area contributed by atoms with E-state index < -0.39 is 22.3 Å². The second kappa shape index (κ2) is 6.46. The molecule has 0 saturated heterocycles. The molecule has 3 heteroatoms. The largest absolute Gasteiger partial charge is 0.135 e. The Morgan fingerprint density at radius 3 is 1.95 bits per heavy atom. The van der Waals surface area contributed by atoms with Crippen LogP contribution < -0.4 is 5.19 Å². The maximum absolute atomic E-state index is 3.76. The van der Waals surface area contributed by atoms with E-state index in [4.69, 9.17) is 0 Å². The van der Waals surface area contributed by atoms with Gasteiger partial charge < -0.3 is 0 Å². The summed E-state index contributed by atoms with van der Waals surface area (Å²) in [7, 11) is -4.20. The van der Waals surface area contributed by atoms with Crippen LogP contribution in [0, 0.1) is 11.5 Å². The maximum Gasteiger partial charge on any atom is 0.121 e. The quantitative estimate of drug-likeness (QED) is 0.565. The standard InChI is InChI=1S/C17H30Si3/c1-8-9-13-16-18(2,3)20(6,7)19(4,5)17-14-11-10-12-15-17/h10-12,14-15H,8-9H2,1-7H3. The fourth-order valence-electron chi connectivity index (χ4n) is 2.56. The number of benzene rings is 1. The molecule has 0 heterocycles. The lowest BCUT2D eigenvalue weighted by Crippen LogP contribution is -2.74. The highest BCUT2D eigenvalue weighted by Crippen LogP contribution is 2.28. The molecule has 0 amide bonds. The van der Waals surface area contributed by atoms with E-state index in [0.29, 0.717) is 0 Å². The van der Waals surface area contributed by atoms with Crippen molar-refractivity contribution in [3.63, 3.8) is 0 Å². The van der Waals surface area contributed by atoms with E-state index in [0.717, 1.165) is 6.42 Å². The Labute approximate surface area is 128 Å². The molecule has 0 spiro atoms. The third-order valence-corrected chi connectivity index (χ3v) is 45.5. The molecular weight excluding hydrogens is 288 g/mol. The Hall–Kier alpha value is -0.569. The van der Waals surface area contributed by atoms with Gasteiger partial charge >= 0.3 is 0 Å². The smallest absolute Gasteiger partial charge is 0.121 e. The number of rotatable bonds is 4. The Morgan fingerprint density at radius 1 is 0.900 bits per heavy atom. The molecule has 0 saturated carbocycles. The van der Waals surface area contributed by atoms with Crippen LogP contribution in [0.2, 0.25) is 39.3 Å². The van der Waals surface area contributed by atoms with Crippen LogP contribution in [-0.4, -0.2) is 22.3 Å². The van der Waals surface area contributed by atoms with E-state index in [1.165, 1.54) is 6.42 Å². The average Bonchev–Trinajstić information content (AvgIpc) is 2.39. The van der Waals surface area contributed by atoms with Crippen molar-refractivity contribution < 1.29 is 0 Å². The van der Waals surface area contributed by atoms with Crippen molar-refractivity contribution in [1.82, 2.24) is 0 Å². The summed E-state index contributed by atoms with van der Waals surface area (Å²) in [5, 5.41) is 1.62. The fourth-order valence-corrected chi connectivity index (χ4v) is 31.2. The molecule has 0 aliphatic carbocycles. The molecule has 1 rings (SSSR count). The predicted molar refractivity (Wildman–Crippen MR) is 101 cm³/mol. The summed E-state index contributed by atoms with van der Waals surface area (Å²) in [6.07, 6.45) is 2.24. The molecule has 20 heavy (non-hydrogen) atoms. The highest BCUT2D eigenvalue weighted by Gasteiger charge is 2.52. The van der Waals surface area contributed by atoms with Gasteiger partial charge in [-0.25, -0.2) is 0 Å². The first-order valence-corrected chi connectivity index (χ1v) is 18.7. The predicted octanol–water partition coefficient (Wildman–Crippen LogP) is 4.52. The summed E-state index contributed by atoms with van der Waals surface area (Å²) in [5.74, 6) is 3.47. The Morgan fingerprint density at radius 2 is 1.45 bits per heavy atom. The van der Waals surface area contributed by atoms with Crippen molar-refractivity contribution in [2.45, 2.75) is 59.0 Å². The minimum Gasteiger partial charge on any atom is -0.135 e. The summed E-state index contributed by atoms with van der Waals surface area (Å²) < 4.78 is 0. The van der Waals surface area contributed by atoms with Crippen LogP contribution in [0.15, 0.2) is 30.3 Å². The summed E-state index contributed by atoms with van der Waals surface area (Å²) in [4.78, 5) is 0. The molecule has 0 atom stereocenters. The lowest BCUT2D eigenvalue weighted by Gasteiger charge is -2.46. The molecular formula is C17H30Si3. The topological polar surface area (TPSA) is 0 Å². The molecule has 1 aromatic carbocycles. The fraction of sp³-hybridized carbons (Fsp3) is 0.529. The molecule has 0 aliphatic rings. The Balaban J connectivity index is 3.18. The van der Waals surface area contributed by atoms with Crippen LogP contribution in [-0.2, 0) is 0 Å². The second-order valence-corrected chi connectivity index (χ2v) is 34.4. The molecule has 0 fully saturated rings. The van der Waals surface area contributed by atoms with Gasteiger partial charge in [0.25, 0.3) is 0 Å². The van der Waals surface area contributed by atoms with Gasteiger partial charge in [0, 0.05) is 6.42 Å². The van der Waals surface area contributed by atoms with Crippen molar-refractivity contribution >= 4 is 27.5 Å². The molecule has 0 aliphatic heterocycles. The van der Waals surface area contributed by atoms with Gasteiger partial charge in [0.1, 0.15) is 7.59 Å². The molecule has 0 radical (unpaired) electrons. The summed E-state index contributed by atoms with van der Waals surface area (Å²) in [5.41, 5.74) is 3.76. The average molecular weight is 319 g/mol. The first-order chi connectivity index (χ1) is 9.17. The molecule has 0 nitrogen and oxygen atoms in total.